The van der Waals surface area contributed by atoms with Crippen molar-refractivity contribution >= 4 is 11.7 Å². The maximum atomic E-state index is 10.7. The lowest BCUT2D eigenvalue weighted by atomic mass is 10.1. The fourth-order valence-electron chi connectivity index (χ4n) is 1.28. The molecule has 1 amide bonds. The number of amides is 1. The summed E-state index contributed by atoms with van der Waals surface area (Å²) in [6.07, 6.45) is 1.60. The van der Waals surface area contributed by atoms with E-state index in [1.54, 1.807) is 24.2 Å². The van der Waals surface area contributed by atoms with Crippen LogP contribution in [0.5, 0.6) is 0 Å². The predicted octanol–water partition coefficient (Wildman–Crippen LogP) is 0.183. The van der Waals surface area contributed by atoms with Crippen molar-refractivity contribution in [1.29, 1.82) is 5.26 Å². The first-order valence-corrected chi connectivity index (χ1v) is 4.41. The van der Waals surface area contributed by atoms with Gasteiger partial charge in [-0.1, -0.05) is 0 Å². The molecule has 1 heterocycles. The minimum absolute atomic E-state index is 0.0468. The standard InChI is InChI=1S/C10H12N4O/c1-7-3-4-13-10(8(7)5-11)14(2)6-9(12)15/h3-4H,6H2,1-2H3,(H2,12,15). The molecule has 0 atom stereocenters. The van der Waals surface area contributed by atoms with Crippen molar-refractivity contribution < 1.29 is 4.79 Å². The van der Waals surface area contributed by atoms with Crippen LogP contribution in [0.4, 0.5) is 5.82 Å². The van der Waals surface area contributed by atoms with E-state index in [0.717, 1.165) is 5.56 Å². The molecule has 0 aromatic carbocycles. The summed E-state index contributed by atoms with van der Waals surface area (Å²) in [6, 6.07) is 3.81. The van der Waals surface area contributed by atoms with Crippen LogP contribution < -0.4 is 10.6 Å². The molecule has 0 aliphatic heterocycles. The topological polar surface area (TPSA) is 83.0 Å². The van der Waals surface area contributed by atoms with Gasteiger partial charge in [0, 0.05) is 13.2 Å². The number of nitrogens with two attached hydrogens (primary N) is 1. The van der Waals surface area contributed by atoms with E-state index in [9.17, 15) is 4.79 Å². The molecule has 5 nitrogen and oxygen atoms in total. The maximum absolute atomic E-state index is 10.7. The molecule has 0 aliphatic carbocycles. The fourth-order valence-corrected chi connectivity index (χ4v) is 1.28. The van der Waals surface area contributed by atoms with Crippen LogP contribution in [0.2, 0.25) is 0 Å². The van der Waals surface area contributed by atoms with Gasteiger partial charge in [-0.2, -0.15) is 5.26 Å². The first-order valence-electron chi connectivity index (χ1n) is 4.41. The number of rotatable bonds is 3. The minimum atomic E-state index is -0.454. The highest BCUT2D eigenvalue weighted by atomic mass is 16.1. The van der Waals surface area contributed by atoms with Gasteiger partial charge in [0.15, 0.2) is 0 Å². The maximum Gasteiger partial charge on any atom is 0.236 e. The Balaban J connectivity index is 3.09. The number of carbonyl (C=O) groups is 1. The van der Waals surface area contributed by atoms with Crippen LogP contribution in [0.1, 0.15) is 11.1 Å². The second-order valence-corrected chi connectivity index (χ2v) is 3.26. The molecule has 2 N–H and O–H groups in total. The van der Waals surface area contributed by atoms with Gasteiger partial charge in [0.25, 0.3) is 0 Å². The highest BCUT2D eigenvalue weighted by Gasteiger charge is 2.12. The van der Waals surface area contributed by atoms with E-state index in [4.69, 9.17) is 11.0 Å². The van der Waals surface area contributed by atoms with Gasteiger partial charge in [0.05, 0.1) is 12.1 Å². The van der Waals surface area contributed by atoms with Crippen LogP contribution in [0.3, 0.4) is 0 Å². The molecule has 0 radical (unpaired) electrons. The second kappa shape index (κ2) is 4.42. The zero-order chi connectivity index (χ0) is 11.4. The third-order valence-electron chi connectivity index (χ3n) is 2.01. The van der Waals surface area contributed by atoms with Gasteiger partial charge in [-0.05, 0) is 18.6 Å². The molecular weight excluding hydrogens is 192 g/mol. The number of primary amides is 1. The second-order valence-electron chi connectivity index (χ2n) is 3.26. The van der Waals surface area contributed by atoms with Crippen molar-refractivity contribution in [3.8, 4) is 6.07 Å². The molecule has 15 heavy (non-hydrogen) atoms. The Kier molecular flexibility index (Phi) is 3.24. The van der Waals surface area contributed by atoms with Crippen molar-refractivity contribution in [1.82, 2.24) is 4.98 Å². The first kappa shape index (κ1) is 11.0. The first-order chi connectivity index (χ1) is 7.06. The van der Waals surface area contributed by atoms with Gasteiger partial charge in [-0.25, -0.2) is 4.98 Å². The van der Waals surface area contributed by atoms with E-state index < -0.39 is 5.91 Å². The lowest BCUT2D eigenvalue weighted by Gasteiger charge is -2.17. The van der Waals surface area contributed by atoms with E-state index in [1.165, 1.54) is 0 Å². The van der Waals surface area contributed by atoms with E-state index in [0.29, 0.717) is 11.4 Å². The number of aryl methyl sites for hydroxylation is 1. The molecule has 5 heteroatoms. The molecule has 0 aliphatic rings. The zero-order valence-corrected chi connectivity index (χ0v) is 8.69. The van der Waals surface area contributed by atoms with E-state index in [-0.39, 0.29) is 6.54 Å². The summed E-state index contributed by atoms with van der Waals surface area (Å²) >= 11 is 0. The molecule has 0 bridgehead atoms. The van der Waals surface area contributed by atoms with E-state index >= 15 is 0 Å². The van der Waals surface area contributed by atoms with Gasteiger partial charge in [-0.15, -0.1) is 0 Å². The zero-order valence-electron chi connectivity index (χ0n) is 8.69. The predicted molar refractivity (Wildman–Crippen MR) is 56.2 cm³/mol. The number of nitrogens with zero attached hydrogens (tertiary/aromatic N) is 3. The lowest BCUT2D eigenvalue weighted by molar-refractivity contribution is -0.116. The summed E-state index contributed by atoms with van der Waals surface area (Å²) in [6.45, 7) is 1.87. The van der Waals surface area contributed by atoms with Crippen LogP contribution in [0.25, 0.3) is 0 Å². The largest absolute Gasteiger partial charge is 0.368 e. The van der Waals surface area contributed by atoms with Gasteiger partial charge in [-0.3, -0.25) is 4.79 Å². The van der Waals surface area contributed by atoms with Gasteiger partial charge in [0.2, 0.25) is 5.91 Å². The average Bonchev–Trinajstić information content (AvgIpc) is 2.16. The number of anilines is 1. The monoisotopic (exact) mass is 204 g/mol. The van der Waals surface area contributed by atoms with Crippen LogP contribution >= 0.6 is 0 Å². The van der Waals surface area contributed by atoms with Crippen LogP contribution in [-0.4, -0.2) is 24.5 Å². The summed E-state index contributed by atoms with van der Waals surface area (Å²) in [4.78, 5) is 16.4. The fraction of sp³-hybridized carbons (Fsp3) is 0.300. The van der Waals surface area contributed by atoms with Gasteiger partial charge < -0.3 is 10.6 Å². The summed E-state index contributed by atoms with van der Waals surface area (Å²) in [7, 11) is 1.67. The highest BCUT2D eigenvalue weighted by molar-refractivity contribution is 5.79. The lowest BCUT2D eigenvalue weighted by Crippen LogP contribution is -2.31. The number of nitriles is 1. The Morgan fingerprint density at radius 3 is 2.93 bits per heavy atom. The summed E-state index contributed by atoms with van der Waals surface area (Å²) < 4.78 is 0. The smallest absolute Gasteiger partial charge is 0.236 e. The molecule has 78 valence electrons. The minimum Gasteiger partial charge on any atom is -0.368 e. The summed E-state index contributed by atoms with van der Waals surface area (Å²) in [5, 5.41) is 8.95. The van der Waals surface area contributed by atoms with E-state index in [2.05, 4.69) is 11.1 Å². The van der Waals surface area contributed by atoms with Crippen LogP contribution in [0, 0.1) is 18.3 Å². The number of pyridine rings is 1. The Morgan fingerprint density at radius 1 is 1.73 bits per heavy atom. The van der Waals surface area contributed by atoms with Crippen molar-refractivity contribution in [2.45, 2.75) is 6.92 Å². The number of hydrogen-bond acceptors (Lipinski definition) is 4. The van der Waals surface area contributed by atoms with E-state index in [1.807, 2.05) is 6.92 Å². The average molecular weight is 204 g/mol. The number of likely N-dealkylation sites (N-methyl/N-ethyl adjacent to an activating group) is 1. The Morgan fingerprint density at radius 2 is 2.40 bits per heavy atom. The number of carbonyl (C=O) groups excluding carboxylic acids is 1. The molecule has 0 unspecified atom stereocenters. The summed E-state index contributed by atoms with van der Waals surface area (Å²) in [5.74, 6) is 0.0287. The molecule has 0 spiro atoms. The number of hydrogen-bond donors (Lipinski definition) is 1. The Hall–Kier alpha value is -2.09. The van der Waals surface area contributed by atoms with Crippen molar-refractivity contribution in [2.24, 2.45) is 5.73 Å². The molecule has 1 aromatic rings. The molecule has 0 saturated heterocycles. The molecule has 0 fully saturated rings. The Bertz CT molecular complexity index is 422. The van der Waals surface area contributed by atoms with Crippen LogP contribution in [0.15, 0.2) is 12.3 Å². The summed E-state index contributed by atoms with van der Waals surface area (Å²) in [5.41, 5.74) is 6.37. The van der Waals surface area contributed by atoms with Crippen molar-refractivity contribution in [3.05, 3.63) is 23.4 Å². The highest BCUT2D eigenvalue weighted by Crippen LogP contribution is 2.18. The quantitative estimate of drug-likeness (QED) is 0.761. The third kappa shape index (κ3) is 2.44. The normalized spacial score (nSPS) is 9.40. The molecule has 0 saturated carbocycles. The van der Waals surface area contributed by atoms with Crippen molar-refractivity contribution in [3.63, 3.8) is 0 Å². The molecular formula is C10H12N4O. The third-order valence-corrected chi connectivity index (χ3v) is 2.01. The molecule has 1 aromatic heterocycles. The van der Waals surface area contributed by atoms with Gasteiger partial charge in [0.1, 0.15) is 11.9 Å². The van der Waals surface area contributed by atoms with Gasteiger partial charge >= 0.3 is 0 Å². The van der Waals surface area contributed by atoms with Crippen molar-refractivity contribution in [2.75, 3.05) is 18.5 Å². The Labute approximate surface area is 88.1 Å². The number of aromatic nitrogens is 1. The van der Waals surface area contributed by atoms with Crippen LogP contribution in [-0.2, 0) is 4.79 Å². The SMILES string of the molecule is Cc1ccnc(N(C)CC(N)=O)c1C#N. The molecule has 1 rings (SSSR count).